The summed E-state index contributed by atoms with van der Waals surface area (Å²) in [5.74, 6) is -1.26. The Labute approximate surface area is 128 Å². The lowest BCUT2D eigenvalue weighted by Crippen LogP contribution is -2.13. The molecule has 0 aliphatic heterocycles. The van der Waals surface area contributed by atoms with Crippen LogP contribution in [-0.4, -0.2) is 17.0 Å². The van der Waals surface area contributed by atoms with Gasteiger partial charge in [0.2, 0.25) is 5.91 Å². The van der Waals surface area contributed by atoms with Gasteiger partial charge in [-0.15, -0.1) is 11.3 Å². The van der Waals surface area contributed by atoms with Crippen LogP contribution in [0.15, 0.2) is 30.3 Å². The molecule has 0 radical (unpaired) electrons. The van der Waals surface area contributed by atoms with E-state index in [0.29, 0.717) is 15.0 Å². The van der Waals surface area contributed by atoms with Gasteiger partial charge in [-0.3, -0.25) is 4.79 Å². The molecule has 1 amide bonds. The zero-order chi connectivity index (χ0) is 14.7. The van der Waals surface area contributed by atoms with Crippen LogP contribution in [0.1, 0.15) is 15.2 Å². The number of benzene rings is 1. The smallest absolute Gasteiger partial charge is 0.345 e. The molecule has 0 saturated heterocycles. The third-order valence-corrected chi connectivity index (χ3v) is 4.16. The van der Waals surface area contributed by atoms with Crippen molar-refractivity contribution < 1.29 is 14.7 Å². The van der Waals surface area contributed by atoms with Crippen LogP contribution in [0.4, 0.5) is 5.00 Å². The maximum atomic E-state index is 11.8. The molecule has 0 aliphatic carbocycles. The molecule has 0 unspecified atom stereocenters. The Hall–Kier alpha value is -1.56. The summed E-state index contributed by atoms with van der Waals surface area (Å²) in [6, 6.07) is 7.97. The predicted molar refractivity (Wildman–Crippen MR) is 80.1 cm³/mol. The Morgan fingerprint density at radius 3 is 2.50 bits per heavy atom. The molecule has 0 bridgehead atoms. The van der Waals surface area contributed by atoms with Gasteiger partial charge in [-0.1, -0.05) is 29.3 Å². The van der Waals surface area contributed by atoms with E-state index < -0.39 is 5.97 Å². The first-order valence-corrected chi connectivity index (χ1v) is 7.10. The summed E-state index contributed by atoms with van der Waals surface area (Å²) < 4.78 is 0. The number of carbonyl (C=O) groups excluding carboxylic acids is 1. The van der Waals surface area contributed by atoms with E-state index in [9.17, 15) is 9.59 Å². The molecule has 2 N–H and O–H groups in total. The lowest BCUT2D eigenvalue weighted by Gasteiger charge is -2.04. The monoisotopic (exact) mass is 329 g/mol. The Morgan fingerprint density at radius 1 is 1.15 bits per heavy atom. The van der Waals surface area contributed by atoms with Crippen molar-refractivity contribution >= 4 is 51.4 Å². The van der Waals surface area contributed by atoms with Crippen LogP contribution >= 0.6 is 34.5 Å². The molecule has 1 aromatic carbocycles. The molecule has 1 aromatic heterocycles. The standard InChI is InChI=1S/C13H9Cl2NO3S/c14-8-2-1-7(5-9(8)15)6-11(17)16-12-4-3-10(20-12)13(18)19/h1-5H,6H2,(H,16,17)(H,18,19). The van der Waals surface area contributed by atoms with Crippen molar-refractivity contribution in [3.63, 3.8) is 0 Å². The van der Waals surface area contributed by atoms with Crippen molar-refractivity contribution in [2.24, 2.45) is 0 Å². The van der Waals surface area contributed by atoms with Crippen LogP contribution in [0, 0.1) is 0 Å². The zero-order valence-electron chi connectivity index (χ0n) is 10.0. The molecule has 0 saturated carbocycles. The lowest BCUT2D eigenvalue weighted by atomic mass is 10.1. The molecule has 4 nitrogen and oxygen atoms in total. The summed E-state index contributed by atoms with van der Waals surface area (Å²) >= 11 is 12.7. The summed E-state index contributed by atoms with van der Waals surface area (Å²) in [6.07, 6.45) is 0.136. The fourth-order valence-corrected chi connectivity index (χ4v) is 2.62. The Morgan fingerprint density at radius 2 is 1.90 bits per heavy atom. The Bertz CT molecular complexity index is 669. The van der Waals surface area contributed by atoms with Gasteiger partial charge >= 0.3 is 5.97 Å². The number of anilines is 1. The molecule has 104 valence electrons. The number of thiophene rings is 1. The molecule has 0 atom stereocenters. The zero-order valence-corrected chi connectivity index (χ0v) is 12.4. The molecule has 0 aliphatic rings. The molecule has 2 rings (SSSR count). The number of carbonyl (C=O) groups is 2. The normalized spacial score (nSPS) is 10.3. The van der Waals surface area contributed by atoms with Gasteiger partial charge in [0.1, 0.15) is 4.88 Å². The molecule has 2 aromatic rings. The van der Waals surface area contributed by atoms with Crippen molar-refractivity contribution in [1.82, 2.24) is 0 Å². The quantitative estimate of drug-likeness (QED) is 0.892. The Kier molecular flexibility index (Phi) is 4.65. The van der Waals surface area contributed by atoms with Gasteiger partial charge in [-0.25, -0.2) is 4.79 Å². The second kappa shape index (κ2) is 6.26. The topological polar surface area (TPSA) is 66.4 Å². The number of nitrogens with one attached hydrogen (secondary N) is 1. The number of hydrogen-bond acceptors (Lipinski definition) is 3. The summed E-state index contributed by atoms with van der Waals surface area (Å²) in [5.41, 5.74) is 0.729. The van der Waals surface area contributed by atoms with E-state index in [1.54, 1.807) is 24.3 Å². The van der Waals surface area contributed by atoms with Gasteiger partial charge in [0.15, 0.2) is 0 Å². The SMILES string of the molecule is O=C(Cc1ccc(Cl)c(Cl)c1)Nc1ccc(C(=O)O)s1. The van der Waals surface area contributed by atoms with E-state index in [4.69, 9.17) is 28.3 Å². The first kappa shape index (κ1) is 14.8. The van der Waals surface area contributed by atoms with Crippen LogP contribution in [0.25, 0.3) is 0 Å². The largest absolute Gasteiger partial charge is 0.477 e. The van der Waals surface area contributed by atoms with Gasteiger partial charge in [-0.2, -0.15) is 0 Å². The highest BCUT2D eigenvalue weighted by Crippen LogP contribution is 2.24. The molecule has 0 spiro atoms. The summed E-state index contributed by atoms with van der Waals surface area (Å²) in [6.45, 7) is 0. The maximum Gasteiger partial charge on any atom is 0.345 e. The molecule has 0 fully saturated rings. The van der Waals surface area contributed by atoms with E-state index in [1.165, 1.54) is 6.07 Å². The number of rotatable bonds is 4. The summed E-state index contributed by atoms with van der Waals surface area (Å²) in [7, 11) is 0. The van der Waals surface area contributed by atoms with Gasteiger partial charge in [0.05, 0.1) is 21.5 Å². The fraction of sp³-hybridized carbons (Fsp3) is 0.0769. The fourth-order valence-electron chi connectivity index (χ4n) is 1.54. The van der Waals surface area contributed by atoms with Crippen molar-refractivity contribution in [1.29, 1.82) is 0 Å². The van der Waals surface area contributed by atoms with Crippen molar-refractivity contribution in [3.8, 4) is 0 Å². The highest BCUT2D eigenvalue weighted by atomic mass is 35.5. The number of aromatic carboxylic acids is 1. The number of carboxylic acids is 1. The molecular formula is C13H9Cl2NO3S. The van der Waals surface area contributed by atoms with Gasteiger partial charge in [0.25, 0.3) is 0 Å². The summed E-state index contributed by atoms with van der Waals surface area (Å²) in [4.78, 5) is 22.7. The highest BCUT2D eigenvalue weighted by Gasteiger charge is 2.10. The first-order valence-electron chi connectivity index (χ1n) is 5.52. The van der Waals surface area contributed by atoms with Gasteiger partial charge in [0, 0.05) is 0 Å². The second-order valence-corrected chi connectivity index (χ2v) is 5.84. The average molecular weight is 330 g/mol. The van der Waals surface area contributed by atoms with Crippen LogP contribution in [0.5, 0.6) is 0 Å². The third-order valence-electron chi connectivity index (χ3n) is 2.43. The number of amides is 1. The van der Waals surface area contributed by atoms with Crippen molar-refractivity contribution in [2.45, 2.75) is 6.42 Å². The second-order valence-electron chi connectivity index (χ2n) is 3.94. The number of halogens is 2. The van der Waals surface area contributed by atoms with Gasteiger partial charge < -0.3 is 10.4 Å². The minimum absolute atomic E-state index is 0.136. The maximum absolute atomic E-state index is 11.8. The van der Waals surface area contributed by atoms with E-state index in [0.717, 1.165) is 16.9 Å². The van der Waals surface area contributed by atoms with E-state index in [1.807, 2.05) is 0 Å². The first-order chi connectivity index (χ1) is 9.45. The molecular weight excluding hydrogens is 321 g/mol. The minimum atomic E-state index is -1.01. The highest BCUT2D eigenvalue weighted by molar-refractivity contribution is 7.18. The van der Waals surface area contributed by atoms with Crippen LogP contribution < -0.4 is 5.32 Å². The Balaban J connectivity index is 2.01. The minimum Gasteiger partial charge on any atom is -0.477 e. The van der Waals surface area contributed by atoms with Crippen LogP contribution in [0.3, 0.4) is 0 Å². The van der Waals surface area contributed by atoms with Gasteiger partial charge in [-0.05, 0) is 29.8 Å². The van der Waals surface area contributed by atoms with Crippen molar-refractivity contribution in [2.75, 3.05) is 5.32 Å². The number of carboxylic acid groups (broad SMARTS) is 1. The summed E-state index contributed by atoms with van der Waals surface area (Å²) in [5, 5.41) is 12.7. The van der Waals surface area contributed by atoms with Crippen LogP contribution in [-0.2, 0) is 11.2 Å². The third kappa shape index (κ3) is 3.72. The lowest BCUT2D eigenvalue weighted by molar-refractivity contribution is -0.115. The molecule has 1 heterocycles. The van der Waals surface area contributed by atoms with E-state index in [2.05, 4.69) is 5.32 Å². The molecule has 20 heavy (non-hydrogen) atoms. The van der Waals surface area contributed by atoms with Crippen LogP contribution in [0.2, 0.25) is 10.0 Å². The average Bonchev–Trinajstić information content (AvgIpc) is 2.82. The molecule has 7 heteroatoms. The van der Waals surface area contributed by atoms with Crippen molar-refractivity contribution in [3.05, 3.63) is 50.8 Å². The van der Waals surface area contributed by atoms with E-state index >= 15 is 0 Å². The van der Waals surface area contributed by atoms with E-state index in [-0.39, 0.29) is 17.2 Å². The predicted octanol–water partition coefficient (Wildman–Crippen LogP) is 3.93. The number of hydrogen-bond donors (Lipinski definition) is 2.